The van der Waals surface area contributed by atoms with E-state index in [2.05, 4.69) is 15.7 Å². The molecule has 1 N–H and O–H groups in total. The van der Waals surface area contributed by atoms with Gasteiger partial charge < -0.3 is 9.64 Å². The monoisotopic (exact) mass is 499 g/mol. The largest absolute Gasteiger partial charge is 0.493 e. The minimum Gasteiger partial charge on any atom is -0.493 e. The Bertz CT molecular complexity index is 1170. The highest BCUT2D eigenvalue weighted by atomic mass is 35.5. The van der Waals surface area contributed by atoms with Crippen LogP contribution < -0.4 is 9.46 Å². The molecule has 0 unspecified atom stereocenters. The molecule has 0 amide bonds. The van der Waals surface area contributed by atoms with Crippen molar-refractivity contribution in [3.05, 3.63) is 58.6 Å². The Morgan fingerprint density at radius 3 is 2.59 bits per heavy atom. The van der Waals surface area contributed by atoms with E-state index < -0.39 is 10.0 Å². The number of likely N-dealkylation sites (tertiary alicyclic amines) is 1. The van der Waals surface area contributed by atoms with E-state index in [1.54, 1.807) is 24.3 Å². The van der Waals surface area contributed by atoms with E-state index in [0.717, 1.165) is 64.1 Å². The van der Waals surface area contributed by atoms with Crippen molar-refractivity contribution in [3.63, 3.8) is 0 Å². The predicted octanol–water partition coefficient (Wildman–Crippen LogP) is 4.55. The van der Waals surface area contributed by atoms with Crippen LogP contribution in [0.15, 0.2) is 47.4 Å². The molecule has 0 bridgehead atoms. The van der Waals surface area contributed by atoms with Crippen molar-refractivity contribution in [2.75, 3.05) is 26.2 Å². The summed E-state index contributed by atoms with van der Waals surface area (Å²) in [6.07, 6.45) is 4.99. The van der Waals surface area contributed by atoms with Gasteiger partial charge in [-0.3, -0.25) is 0 Å². The number of sulfonamides is 1. The molecule has 180 valence electrons. The molecule has 2 aliphatic heterocycles. The highest BCUT2D eigenvalue weighted by Gasteiger charge is 2.39. The summed E-state index contributed by atoms with van der Waals surface area (Å²) < 4.78 is 34.2. The topological polar surface area (TPSA) is 82.4 Å². The second-order valence-corrected chi connectivity index (χ2v) is 12.0. The third-order valence-corrected chi connectivity index (χ3v) is 9.44. The van der Waals surface area contributed by atoms with E-state index in [0.29, 0.717) is 28.3 Å². The van der Waals surface area contributed by atoms with Crippen molar-refractivity contribution < 1.29 is 13.2 Å². The molecule has 6 nitrogen and oxygen atoms in total. The van der Waals surface area contributed by atoms with Crippen molar-refractivity contribution in [1.29, 1.82) is 5.26 Å². The Balaban J connectivity index is 1.10. The van der Waals surface area contributed by atoms with Crippen LogP contribution in [0.5, 0.6) is 5.75 Å². The van der Waals surface area contributed by atoms with E-state index in [1.165, 1.54) is 5.56 Å². The molecule has 1 aliphatic carbocycles. The average Bonchev–Trinajstić information content (AvgIpc) is 3.27. The van der Waals surface area contributed by atoms with Crippen LogP contribution in [0.3, 0.4) is 0 Å². The first kappa shape index (κ1) is 23.6. The maximum absolute atomic E-state index is 12.7. The molecule has 2 aromatic carbocycles. The molecule has 0 spiro atoms. The van der Waals surface area contributed by atoms with Gasteiger partial charge in [0, 0.05) is 41.6 Å². The molecule has 1 saturated carbocycles. The summed E-state index contributed by atoms with van der Waals surface area (Å²) in [6, 6.07) is 14.3. The molecule has 3 aliphatic rings. The molecular formula is C26H30ClN3O3S. The number of fused-ring (bicyclic) bond motifs is 3. The van der Waals surface area contributed by atoms with Gasteiger partial charge >= 0.3 is 0 Å². The fourth-order valence-corrected chi connectivity index (χ4v) is 7.17. The van der Waals surface area contributed by atoms with Gasteiger partial charge in [0.05, 0.1) is 23.1 Å². The first-order chi connectivity index (χ1) is 16.4. The van der Waals surface area contributed by atoms with Gasteiger partial charge in [0.15, 0.2) is 0 Å². The third-order valence-electron chi connectivity index (χ3n) is 7.65. The fourth-order valence-electron chi connectivity index (χ4n) is 5.74. The lowest BCUT2D eigenvalue weighted by Gasteiger charge is -2.30. The summed E-state index contributed by atoms with van der Waals surface area (Å²) in [4.78, 5) is 2.81. The van der Waals surface area contributed by atoms with Crippen LogP contribution >= 0.6 is 11.6 Å². The van der Waals surface area contributed by atoms with Gasteiger partial charge in [-0.2, -0.15) is 5.26 Å². The number of benzene rings is 2. The van der Waals surface area contributed by atoms with Crippen LogP contribution in [0.25, 0.3) is 0 Å². The number of hydrogen-bond donors (Lipinski definition) is 1. The average molecular weight is 500 g/mol. The van der Waals surface area contributed by atoms with Crippen LogP contribution in [-0.4, -0.2) is 45.6 Å². The normalized spacial score (nSPS) is 26.8. The smallest absolute Gasteiger partial charge is 0.240 e. The Hall–Kier alpha value is -2.11. The van der Waals surface area contributed by atoms with Gasteiger partial charge in [-0.1, -0.05) is 11.6 Å². The summed E-state index contributed by atoms with van der Waals surface area (Å²) in [5, 5.41) is 9.79. The fraction of sp³-hybridized carbons (Fsp3) is 0.500. The SMILES string of the molecule is N#Cc1ccc2c(c1)[C@@H]1CN(CCC3CCC(NS(=O)(=O)c4ccc(Cl)cc4)CC3)C[C@H]1CO2. The lowest BCUT2D eigenvalue weighted by atomic mass is 9.84. The van der Waals surface area contributed by atoms with Crippen LogP contribution in [0.4, 0.5) is 0 Å². The van der Waals surface area contributed by atoms with Gasteiger partial charge in [0.1, 0.15) is 5.75 Å². The van der Waals surface area contributed by atoms with Crippen LogP contribution in [-0.2, 0) is 10.0 Å². The molecule has 2 heterocycles. The zero-order valence-corrected chi connectivity index (χ0v) is 20.7. The maximum atomic E-state index is 12.7. The van der Waals surface area contributed by atoms with Gasteiger partial charge in [-0.05, 0) is 87.0 Å². The predicted molar refractivity (Wildman–Crippen MR) is 131 cm³/mol. The third kappa shape index (κ3) is 5.11. The number of ether oxygens (including phenoxy) is 1. The first-order valence-electron chi connectivity index (χ1n) is 12.1. The Labute approximate surface area is 206 Å². The number of rotatable bonds is 6. The molecule has 5 rings (SSSR count). The highest BCUT2D eigenvalue weighted by molar-refractivity contribution is 7.89. The second kappa shape index (κ2) is 9.87. The minimum absolute atomic E-state index is 0.00503. The number of halogens is 1. The zero-order chi connectivity index (χ0) is 23.7. The van der Waals surface area contributed by atoms with Crippen LogP contribution in [0.1, 0.15) is 49.1 Å². The van der Waals surface area contributed by atoms with Gasteiger partial charge in [-0.25, -0.2) is 13.1 Å². The molecule has 34 heavy (non-hydrogen) atoms. The molecule has 2 aromatic rings. The van der Waals surface area contributed by atoms with Crippen molar-refractivity contribution in [2.45, 2.75) is 49.0 Å². The molecule has 2 fully saturated rings. The maximum Gasteiger partial charge on any atom is 0.240 e. The Morgan fingerprint density at radius 1 is 1.09 bits per heavy atom. The van der Waals surface area contributed by atoms with Crippen molar-refractivity contribution in [2.24, 2.45) is 11.8 Å². The lowest BCUT2D eigenvalue weighted by Crippen LogP contribution is -2.38. The molecule has 1 saturated heterocycles. The van der Waals surface area contributed by atoms with E-state index in [1.807, 2.05) is 18.2 Å². The van der Waals surface area contributed by atoms with Crippen molar-refractivity contribution in [3.8, 4) is 11.8 Å². The summed E-state index contributed by atoms with van der Waals surface area (Å²) in [5.41, 5.74) is 1.89. The van der Waals surface area contributed by atoms with Crippen LogP contribution in [0.2, 0.25) is 5.02 Å². The number of nitriles is 1. The Morgan fingerprint density at radius 2 is 1.85 bits per heavy atom. The number of hydrogen-bond acceptors (Lipinski definition) is 5. The van der Waals surface area contributed by atoms with E-state index in [4.69, 9.17) is 16.3 Å². The summed E-state index contributed by atoms with van der Waals surface area (Å²) in [6.45, 7) is 3.87. The second-order valence-electron chi connectivity index (χ2n) is 9.88. The number of nitrogens with one attached hydrogen (secondary N) is 1. The minimum atomic E-state index is -3.51. The van der Waals surface area contributed by atoms with E-state index in [-0.39, 0.29) is 10.9 Å². The molecule has 2 atom stereocenters. The summed E-state index contributed by atoms with van der Waals surface area (Å²) >= 11 is 5.88. The molecule has 0 radical (unpaired) electrons. The Kier molecular flexibility index (Phi) is 6.85. The lowest BCUT2D eigenvalue weighted by molar-refractivity contribution is 0.208. The summed E-state index contributed by atoms with van der Waals surface area (Å²) in [7, 11) is -3.51. The van der Waals surface area contributed by atoms with E-state index >= 15 is 0 Å². The van der Waals surface area contributed by atoms with Crippen LogP contribution in [0, 0.1) is 23.2 Å². The van der Waals surface area contributed by atoms with Crippen molar-refractivity contribution in [1.82, 2.24) is 9.62 Å². The van der Waals surface area contributed by atoms with E-state index in [9.17, 15) is 13.7 Å². The molecule has 8 heteroatoms. The molecule has 0 aromatic heterocycles. The number of nitrogens with zero attached hydrogens (tertiary/aromatic N) is 2. The van der Waals surface area contributed by atoms with Gasteiger partial charge in [-0.15, -0.1) is 0 Å². The summed E-state index contributed by atoms with van der Waals surface area (Å²) in [5.74, 6) is 2.49. The molecular weight excluding hydrogens is 470 g/mol. The first-order valence-corrected chi connectivity index (χ1v) is 13.9. The highest BCUT2D eigenvalue weighted by Crippen LogP contribution is 2.42. The standard InChI is InChI=1S/C26H30ClN3O3S/c27-21-4-8-23(9-5-21)34(31,32)29-22-6-1-18(2-7-22)11-12-30-15-20-17-33-26-10-3-19(14-28)13-24(26)25(20)16-30/h3-5,8-10,13,18,20,22,25,29H,1-2,6-7,11-12,15-17H2/t18?,20-,22?,25+/m0/s1. The quantitative estimate of drug-likeness (QED) is 0.630. The van der Waals surface area contributed by atoms with Crippen molar-refractivity contribution >= 4 is 21.6 Å². The van der Waals surface area contributed by atoms with Gasteiger partial charge in [0.2, 0.25) is 10.0 Å². The van der Waals surface area contributed by atoms with Gasteiger partial charge in [0.25, 0.3) is 0 Å². The zero-order valence-electron chi connectivity index (χ0n) is 19.1.